The Balaban J connectivity index is 0.00000171. The van der Waals surface area contributed by atoms with Crippen LogP contribution in [0.5, 0.6) is 0 Å². The van der Waals surface area contributed by atoms with Crippen LogP contribution in [-0.4, -0.2) is 45.2 Å². The molecule has 3 aromatic rings. The molecule has 3 heterocycles. The van der Waals surface area contributed by atoms with Crippen LogP contribution < -0.4 is 5.32 Å². The topological polar surface area (TPSA) is 63.1 Å². The number of pyridine rings is 1. The molecule has 168 valence electrons. The van der Waals surface area contributed by atoms with Crippen molar-refractivity contribution in [3.63, 3.8) is 0 Å². The molecule has 4 rings (SSSR count). The first-order valence-corrected chi connectivity index (χ1v) is 10.4. The molecule has 1 N–H and O–H groups in total. The van der Waals surface area contributed by atoms with Crippen molar-refractivity contribution in [3.8, 4) is 0 Å². The molecule has 2 aromatic heterocycles. The first-order valence-electron chi connectivity index (χ1n) is 10.4. The van der Waals surface area contributed by atoms with Gasteiger partial charge in [-0.25, -0.2) is 9.67 Å². The standard InChI is InChI=1S/C23H29N5O.2ClH/c1-5-17-6-8-18(9-7-17)21-14-24-10-11-27(21)23(29)20-12-19-13-25-28(15(2)3)22(19)26-16(20)4;;/h6-9,12-13,15,21,24H,5,10-11,14H2,1-4H3;2*1H. The van der Waals surface area contributed by atoms with E-state index in [1.807, 2.05) is 22.6 Å². The largest absolute Gasteiger partial charge is 0.329 e. The number of aryl methyl sites for hydroxylation is 2. The highest BCUT2D eigenvalue weighted by Gasteiger charge is 2.30. The molecule has 1 fully saturated rings. The Morgan fingerprint density at radius 2 is 1.94 bits per heavy atom. The van der Waals surface area contributed by atoms with Crippen molar-refractivity contribution in [2.24, 2.45) is 0 Å². The molecule has 1 aliphatic heterocycles. The zero-order valence-corrected chi connectivity index (χ0v) is 20.1. The minimum Gasteiger partial charge on any atom is -0.329 e. The summed E-state index contributed by atoms with van der Waals surface area (Å²) in [6.07, 6.45) is 2.82. The Hall–Kier alpha value is -2.15. The zero-order chi connectivity index (χ0) is 20.5. The maximum Gasteiger partial charge on any atom is 0.256 e. The fourth-order valence-electron chi connectivity index (χ4n) is 4.04. The number of nitrogens with one attached hydrogen (secondary N) is 1. The van der Waals surface area contributed by atoms with Crippen LogP contribution in [0.1, 0.15) is 60.0 Å². The molecule has 6 nitrogen and oxygen atoms in total. The number of hydrogen-bond acceptors (Lipinski definition) is 4. The molecule has 0 spiro atoms. The average Bonchev–Trinajstić information content (AvgIpc) is 3.15. The van der Waals surface area contributed by atoms with Crippen LogP contribution in [0.2, 0.25) is 0 Å². The molecular formula is C23H31Cl2N5O. The lowest BCUT2D eigenvalue weighted by molar-refractivity contribution is 0.0633. The summed E-state index contributed by atoms with van der Waals surface area (Å²) in [7, 11) is 0. The Labute approximate surface area is 196 Å². The summed E-state index contributed by atoms with van der Waals surface area (Å²) in [5.41, 5.74) is 4.73. The summed E-state index contributed by atoms with van der Waals surface area (Å²) < 4.78 is 1.90. The van der Waals surface area contributed by atoms with Crippen molar-refractivity contribution >= 4 is 41.8 Å². The molecule has 1 saturated heterocycles. The third-order valence-corrected chi connectivity index (χ3v) is 5.76. The molecule has 1 amide bonds. The van der Waals surface area contributed by atoms with Crippen molar-refractivity contribution in [2.45, 2.75) is 46.2 Å². The predicted octanol–water partition coefficient (Wildman–Crippen LogP) is 4.51. The summed E-state index contributed by atoms with van der Waals surface area (Å²) in [5, 5.41) is 8.79. The number of benzene rings is 1. The van der Waals surface area contributed by atoms with Crippen molar-refractivity contribution < 1.29 is 4.79 Å². The first-order chi connectivity index (χ1) is 14.0. The molecule has 0 radical (unpaired) electrons. The van der Waals surface area contributed by atoms with Gasteiger partial charge in [0.15, 0.2) is 5.65 Å². The minimum absolute atomic E-state index is 0. The summed E-state index contributed by atoms with van der Waals surface area (Å²) in [4.78, 5) is 20.3. The van der Waals surface area contributed by atoms with Crippen LogP contribution in [0, 0.1) is 6.92 Å². The number of carbonyl (C=O) groups is 1. The fourth-order valence-corrected chi connectivity index (χ4v) is 4.04. The minimum atomic E-state index is 0. The third kappa shape index (κ3) is 4.86. The van der Waals surface area contributed by atoms with Crippen molar-refractivity contribution in [1.29, 1.82) is 0 Å². The molecule has 8 heteroatoms. The van der Waals surface area contributed by atoms with Gasteiger partial charge in [0.1, 0.15) is 0 Å². The van der Waals surface area contributed by atoms with E-state index in [9.17, 15) is 4.79 Å². The normalized spacial score (nSPS) is 16.2. The van der Waals surface area contributed by atoms with Crippen LogP contribution in [0.4, 0.5) is 0 Å². The fraction of sp³-hybridized carbons (Fsp3) is 0.435. The Bertz CT molecular complexity index is 1030. The van der Waals surface area contributed by atoms with Gasteiger partial charge in [-0.2, -0.15) is 5.10 Å². The van der Waals surface area contributed by atoms with Gasteiger partial charge in [0.25, 0.3) is 5.91 Å². The van der Waals surface area contributed by atoms with E-state index in [0.29, 0.717) is 12.1 Å². The zero-order valence-electron chi connectivity index (χ0n) is 18.5. The molecule has 1 aliphatic rings. The second-order valence-electron chi connectivity index (χ2n) is 8.03. The monoisotopic (exact) mass is 463 g/mol. The van der Waals surface area contributed by atoms with Gasteiger partial charge in [0.05, 0.1) is 23.5 Å². The lowest BCUT2D eigenvalue weighted by Gasteiger charge is -2.37. The number of halogens is 2. The molecule has 1 aromatic carbocycles. The second-order valence-corrected chi connectivity index (χ2v) is 8.03. The highest BCUT2D eigenvalue weighted by atomic mass is 35.5. The van der Waals surface area contributed by atoms with E-state index in [0.717, 1.165) is 36.2 Å². The van der Waals surface area contributed by atoms with E-state index in [-0.39, 0.29) is 42.8 Å². The highest BCUT2D eigenvalue weighted by Crippen LogP contribution is 2.27. The first kappa shape index (κ1) is 25.1. The molecule has 0 aliphatic carbocycles. The van der Waals surface area contributed by atoms with Gasteiger partial charge in [-0.1, -0.05) is 31.2 Å². The van der Waals surface area contributed by atoms with Crippen LogP contribution >= 0.6 is 24.8 Å². The van der Waals surface area contributed by atoms with Gasteiger partial charge in [-0.05, 0) is 44.4 Å². The number of aromatic nitrogens is 3. The Morgan fingerprint density at radius 3 is 2.58 bits per heavy atom. The van der Waals surface area contributed by atoms with Gasteiger partial charge in [-0.15, -0.1) is 24.8 Å². The molecule has 31 heavy (non-hydrogen) atoms. The third-order valence-electron chi connectivity index (χ3n) is 5.76. The number of amides is 1. The van der Waals surface area contributed by atoms with Crippen LogP contribution in [0.3, 0.4) is 0 Å². The Kier molecular flexibility index (Phi) is 8.46. The van der Waals surface area contributed by atoms with Gasteiger partial charge in [-0.3, -0.25) is 4.79 Å². The maximum absolute atomic E-state index is 13.5. The number of hydrogen-bond donors (Lipinski definition) is 1. The molecule has 0 bridgehead atoms. The lowest BCUT2D eigenvalue weighted by Crippen LogP contribution is -2.48. The number of fused-ring (bicyclic) bond motifs is 1. The molecule has 1 atom stereocenters. The Morgan fingerprint density at radius 1 is 1.23 bits per heavy atom. The summed E-state index contributed by atoms with van der Waals surface area (Å²) in [6, 6.07) is 10.8. The van der Waals surface area contributed by atoms with E-state index >= 15 is 0 Å². The SMILES string of the molecule is CCc1ccc(C2CNCCN2C(=O)c2cc3cnn(C(C)C)c3nc2C)cc1.Cl.Cl. The van der Waals surface area contributed by atoms with Crippen LogP contribution in [-0.2, 0) is 6.42 Å². The van der Waals surface area contributed by atoms with Gasteiger partial charge in [0, 0.05) is 31.1 Å². The van der Waals surface area contributed by atoms with E-state index in [2.05, 4.69) is 55.5 Å². The maximum atomic E-state index is 13.5. The summed E-state index contributed by atoms with van der Waals surface area (Å²) >= 11 is 0. The van der Waals surface area contributed by atoms with Gasteiger partial charge < -0.3 is 10.2 Å². The van der Waals surface area contributed by atoms with Gasteiger partial charge in [0.2, 0.25) is 0 Å². The smallest absolute Gasteiger partial charge is 0.256 e. The number of piperazine rings is 1. The van der Waals surface area contributed by atoms with Crippen LogP contribution in [0.15, 0.2) is 36.5 Å². The van der Waals surface area contributed by atoms with Crippen LogP contribution in [0.25, 0.3) is 11.0 Å². The van der Waals surface area contributed by atoms with Crippen molar-refractivity contribution in [2.75, 3.05) is 19.6 Å². The van der Waals surface area contributed by atoms with E-state index < -0.39 is 0 Å². The number of carbonyl (C=O) groups excluding carboxylic acids is 1. The van der Waals surface area contributed by atoms with E-state index in [4.69, 9.17) is 4.98 Å². The van der Waals surface area contributed by atoms with E-state index in [1.54, 1.807) is 6.20 Å². The highest BCUT2D eigenvalue weighted by molar-refractivity contribution is 5.98. The van der Waals surface area contributed by atoms with E-state index in [1.165, 1.54) is 11.1 Å². The lowest BCUT2D eigenvalue weighted by atomic mass is 9.99. The molecular weight excluding hydrogens is 433 g/mol. The average molecular weight is 464 g/mol. The van der Waals surface area contributed by atoms with Gasteiger partial charge >= 0.3 is 0 Å². The summed E-state index contributed by atoms with van der Waals surface area (Å²) in [6.45, 7) is 10.5. The number of nitrogens with zero attached hydrogens (tertiary/aromatic N) is 4. The second kappa shape index (κ2) is 10.4. The van der Waals surface area contributed by atoms with Crippen molar-refractivity contribution in [1.82, 2.24) is 25.0 Å². The molecule has 1 unspecified atom stereocenters. The summed E-state index contributed by atoms with van der Waals surface area (Å²) in [5.74, 6) is 0.0419. The molecule has 0 saturated carbocycles. The van der Waals surface area contributed by atoms with Crippen molar-refractivity contribution in [3.05, 3.63) is 58.9 Å². The quantitative estimate of drug-likeness (QED) is 0.617. The number of rotatable bonds is 4. The predicted molar refractivity (Wildman–Crippen MR) is 130 cm³/mol.